The number of thiophene rings is 1. The zero-order valence-corrected chi connectivity index (χ0v) is 38.3. The first kappa shape index (κ1) is 48.3. The summed E-state index contributed by atoms with van der Waals surface area (Å²) in [7, 11) is 0. The molecule has 1 fully saturated rings. The van der Waals surface area contributed by atoms with Crippen molar-refractivity contribution >= 4 is 44.9 Å². The van der Waals surface area contributed by atoms with Crippen LogP contribution < -0.4 is 15.4 Å². The summed E-state index contributed by atoms with van der Waals surface area (Å²) >= 11 is 1.40. The number of hydrogen-bond donors (Lipinski definition) is 5. The molecule has 6 aromatic rings. The molecule has 1 saturated heterocycles. The second-order valence-electron chi connectivity index (χ2n) is 17.1. The summed E-state index contributed by atoms with van der Waals surface area (Å²) in [5.74, 6) is -0.141. The number of hydrogen-bond acceptors (Lipinski definition) is 14. The lowest BCUT2D eigenvalue weighted by molar-refractivity contribution is -0.144. The number of carbonyl (C=O) groups excluding carboxylic acids is 4. The van der Waals surface area contributed by atoms with E-state index in [2.05, 4.69) is 15.6 Å². The summed E-state index contributed by atoms with van der Waals surface area (Å²) in [6.45, 7) is 6.74. The number of β-amino-alcohol motifs (C(OH)–C–C–N with tert-alkyl or cyclic N) is 1. The molecule has 3 heterocycles. The fourth-order valence-corrected chi connectivity index (χ4v) is 8.81. The van der Waals surface area contributed by atoms with Crippen molar-refractivity contribution in [1.29, 1.82) is 0 Å². The van der Waals surface area contributed by atoms with Gasteiger partial charge in [0.1, 0.15) is 42.5 Å². The van der Waals surface area contributed by atoms with Gasteiger partial charge in [0.05, 0.1) is 45.3 Å². The number of fused-ring (bicyclic) bond motifs is 1. The van der Waals surface area contributed by atoms with Crippen molar-refractivity contribution in [2.75, 3.05) is 52.8 Å². The van der Waals surface area contributed by atoms with Crippen molar-refractivity contribution < 1.29 is 57.9 Å². The Morgan fingerprint density at radius 2 is 1.49 bits per heavy atom. The predicted octanol–water partition coefficient (Wildman–Crippen LogP) is 6.10. The monoisotopic (exact) mass is 934 g/mol. The number of ketones is 1. The third-order valence-electron chi connectivity index (χ3n) is 11.0. The van der Waals surface area contributed by atoms with Gasteiger partial charge in [-0.15, -0.1) is 11.3 Å². The van der Waals surface area contributed by atoms with E-state index in [0.29, 0.717) is 35.9 Å². The molecular weight excluding hydrogens is 881 g/mol. The van der Waals surface area contributed by atoms with Crippen LogP contribution in [0.2, 0.25) is 0 Å². The quantitative estimate of drug-likeness (QED) is 0.0408. The van der Waals surface area contributed by atoms with Gasteiger partial charge >= 0.3 is 0 Å². The summed E-state index contributed by atoms with van der Waals surface area (Å²) < 4.78 is 28.6. The van der Waals surface area contributed by atoms with Crippen LogP contribution in [0.1, 0.15) is 48.7 Å². The Labute approximate surface area is 391 Å². The number of aromatic hydroxyl groups is 2. The van der Waals surface area contributed by atoms with Crippen molar-refractivity contribution in [3.05, 3.63) is 120 Å². The normalized spacial score (nSPS) is 15.4. The smallest absolute Gasteiger partial charge is 0.246 e. The van der Waals surface area contributed by atoms with Gasteiger partial charge in [0, 0.05) is 51.2 Å². The molecule has 3 amide bonds. The van der Waals surface area contributed by atoms with Crippen molar-refractivity contribution in [3.8, 4) is 39.0 Å². The minimum absolute atomic E-state index is 0.0397. The van der Waals surface area contributed by atoms with E-state index < -0.39 is 41.3 Å². The molecule has 7 rings (SSSR count). The fourth-order valence-electron chi connectivity index (χ4n) is 7.57. The van der Waals surface area contributed by atoms with Crippen LogP contribution in [0.5, 0.6) is 17.2 Å². The SMILES string of the molecule is CC(C)(C)[C@H](NC(=O)COCCOCCOCCOc1ccc(C(=O)c2c(-c3ccc(O)cc3)sc3cc(O)ccc23)cc1)C(=O)N1CC(O)CC1C(=O)NCc1ccc(-c2cnco2)cc1. The molecule has 2 unspecified atom stereocenters. The van der Waals surface area contributed by atoms with Crippen LogP contribution in [0.15, 0.2) is 108 Å². The Morgan fingerprint density at radius 3 is 2.16 bits per heavy atom. The van der Waals surface area contributed by atoms with E-state index in [4.69, 9.17) is 23.4 Å². The number of aliphatic hydroxyl groups is 1. The van der Waals surface area contributed by atoms with Crippen molar-refractivity contribution in [1.82, 2.24) is 20.5 Å². The molecule has 16 nitrogen and oxygen atoms in total. The van der Waals surface area contributed by atoms with Gasteiger partial charge in [0.15, 0.2) is 17.9 Å². The Kier molecular flexibility index (Phi) is 16.0. The highest BCUT2D eigenvalue weighted by Gasteiger charge is 2.44. The van der Waals surface area contributed by atoms with Gasteiger partial charge in [-0.3, -0.25) is 19.2 Å². The number of benzene rings is 4. The number of aromatic nitrogens is 1. The maximum atomic E-state index is 13.9. The van der Waals surface area contributed by atoms with Gasteiger partial charge in [-0.2, -0.15) is 0 Å². The molecule has 1 aliphatic heterocycles. The largest absolute Gasteiger partial charge is 0.508 e. The molecule has 0 saturated carbocycles. The van der Waals surface area contributed by atoms with Crippen LogP contribution in [0, 0.1) is 5.41 Å². The summed E-state index contributed by atoms with van der Waals surface area (Å²) in [4.78, 5) is 60.1. The Bertz CT molecular complexity index is 2610. The molecule has 3 atom stereocenters. The number of carbonyl (C=O) groups is 4. The second kappa shape index (κ2) is 22.2. The Hall–Kier alpha value is -6.63. The average molecular weight is 935 g/mol. The van der Waals surface area contributed by atoms with Crippen LogP contribution in [-0.4, -0.2) is 120 Å². The first-order valence-corrected chi connectivity index (χ1v) is 22.7. The van der Waals surface area contributed by atoms with E-state index in [1.165, 1.54) is 22.6 Å². The maximum Gasteiger partial charge on any atom is 0.246 e. The minimum Gasteiger partial charge on any atom is -0.508 e. The highest BCUT2D eigenvalue weighted by atomic mass is 32.1. The van der Waals surface area contributed by atoms with Gasteiger partial charge < -0.3 is 54.2 Å². The first-order valence-electron chi connectivity index (χ1n) is 21.8. The third kappa shape index (κ3) is 12.6. The summed E-state index contributed by atoms with van der Waals surface area (Å²) in [5, 5.41) is 36.8. The topological polar surface area (TPSA) is 219 Å². The summed E-state index contributed by atoms with van der Waals surface area (Å²) in [6, 6.07) is 24.0. The van der Waals surface area contributed by atoms with E-state index >= 15 is 0 Å². The molecular formula is C50H54N4O12S. The third-order valence-corrected chi connectivity index (χ3v) is 12.2. The van der Waals surface area contributed by atoms with Gasteiger partial charge in [-0.25, -0.2) is 4.98 Å². The van der Waals surface area contributed by atoms with E-state index in [-0.39, 0.29) is 69.8 Å². The van der Waals surface area contributed by atoms with E-state index in [1.807, 2.05) is 45.0 Å². The zero-order valence-electron chi connectivity index (χ0n) is 37.4. The van der Waals surface area contributed by atoms with Crippen LogP contribution in [0.4, 0.5) is 0 Å². The van der Waals surface area contributed by atoms with Crippen molar-refractivity contribution in [2.24, 2.45) is 5.41 Å². The minimum atomic E-state index is -0.990. The van der Waals surface area contributed by atoms with Gasteiger partial charge in [0.25, 0.3) is 0 Å². The number of phenolic OH excluding ortho intramolecular Hbond substituents is 2. The molecule has 0 radical (unpaired) electrons. The molecule has 0 aliphatic carbocycles. The number of aliphatic hydroxyl groups excluding tert-OH is 1. The Balaban J connectivity index is 0.779. The van der Waals surface area contributed by atoms with Crippen LogP contribution in [0.25, 0.3) is 31.9 Å². The molecule has 17 heteroatoms. The molecule has 4 aromatic carbocycles. The molecule has 0 spiro atoms. The second-order valence-corrected chi connectivity index (χ2v) is 18.1. The van der Waals surface area contributed by atoms with Gasteiger partial charge in [-0.05, 0) is 83.3 Å². The number of likely N-dealkylation sites (tertiary alicyclic amines) is 1. The first-order chi connectivity index (χ1) is 32.2. The lowest BCUT2D eigenvalue weighted by Gasteiger charge is -2.35. The number of nitrogens with zero attached hydrogens (tertiary/aromatic N) is 2. The molecule has 352 valence electrons. The number of rotatable bonds is 21. The standard InChI is InChI=1S/C50H54N4O12S/c1-50(2,3)47(49(61)54-28-37(57)24-40(54)48(60)52-26-31-4-6-32(7-5-31)41-27-51-30-66-41)53-43(58)29-64-21-20-62-18-19-63-22-23-65-38-15-10-33(11-16-38)45(59)44-39-17-14-36(56)25-42(39)67-46(44)34-8-12-35(55)13-9-34/h4-17,25,27,30,37,40,47,55-57H,18-24,26,28-29H2,1-3H3,(H,52,60)(H,53,58)/t37?,40?,47-/m1/s1. The summed E-state index contributed by atoms with van der Waals surface area (Å²) in [6.07, 6.45) is 2.14. The van der Waals surface area contributed by atoms with Crippen LogP contribution >= 0.6 is 11.3 Å². The van der Waals surface area contributed by atoms with E-state index in [1.54, 1.807) is 72.9 Å². The molecule has 2 aromatic heterocycles. The number of nitrogens with one attached hydrogen (secondary N) is 2. The predicted molar refractivity (Wildman–Crippen MR) is 250 cm³/mol. The molecule has 5 N–H and O–H groups in total. The number of ether oxygens (including phenoxy) is 4. The lowest BCUT2D eigenvalue weighted by atomic mass is 9.85. The van der Waals surface area contributed by atoms with Gasteiger partial charge in [0.2, 0.25) is 17.7 Å². The highest BCUT2D eigenvalue weighted by Crippen LogP contribution is 2.41. The Morgan fingerprint density at radius 1 is 0.836 bits per heavy atom. The van der Waals surface area contributed by atoms with Crippen LogP contribution in [0.3, 0.4) is 0 Å². The number of oxazole rings is 1. The molecule has 0 bridgehead atoms. The van der Waals surface area contributed by atoms with Crippen LogP contribution in [-0.2, 0) is 35.1 Å². The van der Waals surface area contributed by atoms with Crippen molar-refractivity contribution in [2.45, 2.75) is 51.9 Å². The average Bonchev–Trinajstić information content (AvgIpc) is 4.08. The van der Waals surface area contributed by atoms with E-state index in [0.717, 1.165) is 31.7 Å². The number of phenols is 2. The fraction of sp³-hybridized carbons (Fsp3) is 0.340. The van der Waals surface area contributed by atoms with Gasteiger partial charge in [-0.1, -0.05) is 45.0 Å². The summed E-state index contributed by atoms with van der Waals surface area (Å²) in [5.41, 5.74) is 2.72. The zero-order chi connectivity index (χ0) is 47.5. The highest BCUT2D eigenvalue weighted by molar-refractivity contribution is 7.22. The maximum absolute atomic E-state index is 13.9. The van der Waals surface area contributed by atoms with Crippen molar-refractivity contribution in [3.63, 3.8) is 0 Å². The lowest BCUT2D eigenvalue weighted by Crippen LogP contribution is -2.58. The van der Waals surface area contributed by atoms with E-state index in [9.17, 15) is 34.5 Å². The molecule has 67 heavy (non-hydrogen) atoms. The number of amides is 3. The molecule has 1 aliphatic rings.